The van der Waals surface area contributed by atoms with Crippen molar-refractivity contribution in [3.63, 3.8) is 0 Å². The van der Waals surface area contributed by atoms with E-state index in [1.54, 1.807) is 4.90 Å². The van der Waals surface area contributed by atoms with E-state index < -0.39 is 0 Å². The van der Waals surface area contributed by atoms with E-state index >= 15 is 0 Å². The fourth-order valence-corrected chi connectivity index (χ4v) is 2.60. The largest absolute Gasteiger partial charge is 0.307 e. The van der Waals surface area contributed by atoms with Crippen LogP contribution in [0.15, 0.2) is 30.6 Å². The molecule has 2 heterocycles. The van der Waals surface area contributed by atoms with Gasteiger partial charge in [0, 0.05) is 12.2 Å². The van der Waals surface area contributed by atoms with Crippen LogP contribution in [0.3, 0.4) is 0 Å². The van der Waals surface area contributed by atoms with Gasteiger partial charge in [-0.05, 0) is 31.4 Å². The second-order valence-corrected chi connectivity index (χ2v) is 5.30. The first-order valence-electron chi connectivity index (χ1n) is 6.54. The Morgan fingerprint density at radius 2 is 2.15 bits per heavy atom. The van der Waals surface area contributed by atoms with Crippen LogP contribution in [0.5, 0.6) is 0 Å². The molecule has 5 heteroatoms. The van der Waals surface area contributed by atoms with Gasteiger partial charge in [0.25, 0.3) is 5.91 Å². The topological polar surface area (TPSA) is 46.1 Å². The molecule has 0 aliphatic carbocycles. The Kier molecular flexibility index (Phi) is 3.40. The number of rotatable bonds is 1. The van der Waals surface area contributed by atoms with Crippen LogP contribution >= 0.6 is 11.6 Å². The number of nitrogens with zero attached hydrogens (tertiary/aromatic N) is 3. The van der Waals surface area contributed by atoms with Gasteiger partial charge < -0.3 is 4.90 Å². The molecule has 1 aromatic heterocycles. The van der Waals surface area contributed by atoms with E-state index in [0.717, 1.165) is 18.5 Å². The minimum absolute atomic E-state index is 0.126. The molecule has 0 spiro atoms. The maximum Gasteiger partial charge on any atom is 0.278 e. The molecule has 0 N–H and O–H groups in total. The van der Waals surface area contributed by atoms with Gasteiger partial charge in [-0.2, -0.15) is 0 Å². The molecule has 3 rings (SSSR count). The summed E-state index contributed by atoms with van der Waals surface area (Å²) in [5.41, 5.74) is 3.72. The van der Waals surface area contributed by atoms with Crippen LogP contribution < -0.4 is 4.90 Å². The lowest BCUT2D eigenvalue weighted by Crippen LogP contribution is -2.36. The van der Waals surface area contributed by atoms with Crippen LogP contribution in [-0.2, 0) is 6.42 Å². The van der Waals surface area contributed by atoms with Crippen molar-refractivity contribution in [2.24, 2.45) is 0 Å². The van der Waals surface area contributed by atoms with Crippen LogP contribution in [0.2, 0.25) is 5.15 Å². The van der Waals surface area contributed by atoms with E-state index in [-0.39, 0.29) is 11.1 Å². The minimum Gasteiger partial charge on any atom is -0.307 e. The third kappa shape index (κ3) is 2.39. The van der Waals surface area contributed by atoms with Crippen LogP contribution in [0, 0.1) is 6.92 Å². The fraction of sp³-hybridized carbons (Fsp3) is 0.267. The maximum absolute atomic E-state index is 12.5. The molecular weight excluding hydrogens is 274 g/mol. The third-order valence-corrected chi connectivity index (χ3v) is 3.63. The zero-order valence-corrected chi connectivity index (χ0v) is 11.9. The molecule has 102 valence electrons. The number of hydrogen-bond donors (Lipinski definition) is 0. The van der Waals surface area contributed by atoms with Crippen molar-refractivity contribution < 1.29 is 4.79 Å². The molecule has 0 atom stereocenters. The van der Waals surface area contributed by atoms with E-state index in [1.807, 2.05) is 12.1 Å². The van der Waals surface area contributed by atoms with Crippen molar-refractivity contribution in [2.45, 2.75) is 19.8 Å². The van der Waals surface area contributed by atoms with Crippen LogP contribution in [0.1, 0.15) is 28.0 Å². The van der Waals surface area contributed by atoms with Crippen molar-refractivity contribution in [1.29, 1.82) is 0 Å². The average molecular weight is 288 g/mol. The number of amides is 1. The average Bonchev–Trinajstić information content (AvgIpc) is 2.46. The van der Waals surface area contributed by atoms with E-state index in [9.17, 15) is 4.79 Å². The molecule has 1 amide bonds. The minimum atomic E-state index is -0.126. The molecule has 0 fully saturated rings. The summed E-state index contributed by atoms with van der Waals surface area (Å²) in [7, 11) is 0. The number of fused-ring (bicyclic) bond motifs is 1. The monoisotopic (exact) mass is 287 g/mol. The number of carbonyl (C=O) groups is 1. The highest BCUT2D eigenvalue weighted by atomic mass is 35.5. The normalized spacial score (nSPS) is 14.0. The summed E-state index contributed by atoms with van der Waals surface area (Å²) < 4.78 is 0. The number of aryl methyl sites for hydroxylation is 2. The Morgan fingerprint density at radius 1 is 1.30 bits per heavy atom. The van der Waals surface area contributed by atoms with E-state index in [0.29, 0.717) is 12.2 Å². The van der Waals surface area contributed by atoms with Gasteiger partial charge in [0.05, 0.1) is 12.4 Å². The highest BCUT2D eigenvalue weighted by molar-refractivity contribution is 6.29. The van der Waals surface area contributed by atoms with Crippen LogP contribution in [-0.4, -0.2) is 22.4 Å². The lowest BCUT2D eigenvalue weighted by atomic mass is 9.99. The molecule has 0 unspecified atom stereocenters. The van der Waals surface area contributed by atoms with E-state index in [4.69, 9.17) is 11.6 Å². The molecule has 20 heavy (non-hydrogen) atoms. The molecule has 2 aromatic rings. The number of hydrogen-bond acceptors (Lipinski definition) is 3. The predicted octanol–water partition coefficient (Wildman–Crippen LogP) is 3.03. The molecule has 1 aromatic carbocycles. The highest BCUT2D eigenvalue weighted by Crippen LogP contribution is 2.28. The second-order valence-electron chi connectivity index (χ2n) is 4.92. The van der Waals surface area contributed by atoms with Crippen LogP contribution in [0.25, 0.3) is 0 Å². The predicted molar refractivity (Wildman–Crippen MR) is 78.2 cm³/mol. The van der Waals surface area contributed by atoms with Gasteiger partial charge in [-0.1, -0.05) is 29.3 Å². The zero-order valence-electron chi connectivity index (χ0n) is 11.1. The van der Waals surface area contributed by atoms with E-state index in [2.05, 4.69) is 23.0 Å². The molecular formula is C15H14ClN3O. The van der Waals surface area contributed by atoms with Crippen LogP contribution in [0.4, 0.5) is 5.69 Å². The van der Waals surface area contributed by atoms with Gasteiger partial charge in [0.15, 0.2) is 0 Å². The molecule has 4 nitrogen and oxygen atoms in total. The number of anilines is 1. The fourth-order valence-electron chi connectivity index (χ4n) is 2.50. The van der Waals surface area contributed by atoms with Crippen molar-refractivity contribution in [3.8, 4) is 0 Å². The summed E-state index contributed by atoms with van der Waals surface area (Å²) in [5.74, 6) is -0.126. The number of benzene rings is 1. The Balaban J connectivity index is 1.96. The molecule has 0 radical (unpaired) electrons. The Labute approximate surface area is 122 Å². The first kappa shape index (κ1) is 13.1. The lowest BCUT2D eigenvalue weighted by molar-refractivity contribution is 0.0980. The van der Waals surface area contributed by atoms with Crippen molar-refractivity contribution in [1.82, 2.24) is 9.97 Å². The first-order chi connectivity index (χ1) is 9.65. The van der Waals surface area contributed by atoms with Gasteiger partial charge in [-0.25, -0.2) is 9.97 Å². The summed E-state index contributed by atoms with van der Waals surface area (Å²) in [6.07, 6.45) is 4.79. The first-order valence-corrected chi connectivity index (χ1v) is 6.92. The number of halogens is 1. The molecule has 0 saturated heterocycles. The van der Waals surface area contributed by atoms with Gasteiger partial charge in [0.2, 0.25) is 0 Å². The van der Waals surface area contributed by atoms with Gasteiger partial charge in [0.1, 0.15) is 10.8 Å². The molecule has 0 bridgehead atoms. The van der Waals surface area contributed by atoms with Gasteiger partial charge >= 0.3 is 0 Å². The van der Waals surface area contributed by atoms with Crippen molar-refractivity contribution in [2.75, 3.05) is 11.4 Å². The van der Waals surface area contributed by atoms with Gasteiger partial charge in [-0.15, -0.1) is 0 Å². The summed E-state index contributed by atoms with van der Waals surface area (Å²) in [6.45, 7) is 2.77. The number of aromatic nitrogens is 2. The quantitative estimate of drug-likeness (QED) is 0.810. The zero-order chi connectivity index (χ0) is 14.1. The van der Waals surface area contributed by atoms with Crippen molar-refractivity contribution >= 4 is 23.2 Å². The van der Waals surface area contributed by atoms with E-state index in [1.165, 1.54) is 23.5 Å². The summed E-state index contributed by atoms with van der Waals surface area (Å²) >= 11 is 5.70. The smallest absolute Gasteiger partial charge is 0.278 e. The Bertz CT molecular complexity index is 655. The summed E-state index contributed by atoms with van der Waals surface area (Å²) in [5, 5.41) is 0.288. The van der Waals surface area contributed by atoms with Crippen molar-refractivity contribution in [3.05, 3.63) is 52.6 Å². The molecule has 1 aliphatic rings. The Morgan fingerprint density at radius 3 is 2.90 bits per heavy atom. The maximum atomic E-state index is 12.5. The second kappa shape index (κ2) is 5.21. The molecule has 0 saturated carbocycles. The SMILES string of the molecule is Cc1ccc2c(c1)CCCN2C(=O)c1cnc(Cl)cn1. The third-order valence-electron chi connectivity index (χ3n) is 3.44. The lowest BCUT2D eigenvalue weighted by Gasteiger charge is -2.29. The highest BCUT2D eigenvalue weighted by Gasteiger charge is 2.24. The Hall–Kier alpha value is -1.94. The standard InChI is InChI=1S/C15H14ClN3O/c1-10-4-5-13-11(7-10)3-2-6-19(13)15(20)12-8-18-14(16)9-17-12/h4-5,7-9H,2-3,6H2,1H3. The van der Waals surface area contributed by atoms with Gasteiger partial charge in [-0.3, -0.25) is 4.79 Å². The summed E-state index contributed by atoms with van der Waals surface area (Å²) in [4.78, 5) is 22.3. The molecule has 1 aliphatic heterocycles. The summed E-state index contributed by atoms with van der Waals surface area (Å²) in [6, 6.07) is 6.17. The number of carbonyl (C=O) groups excluding carboxylic acids is 1.